The van der Waals surface area contributed by atoms with Gasteiger partial charge in [-0.1, -0.05) is 11.6 Å². The maximum absolute atomic E-state index is 14.8. The average Bonchev–Trinajstić information content (AvgIpc) is 3.01. The van der Waals surface area contributed by atoms with Crippen LogP contribution in [0.15, 0.2) is 15.3 Å². The van der Waals surface area contributed by atoms with Gasteiger partial charge in [0, 0.05) is 12.1 Å². The first-order chi connectivity index (χ1) is 11.9. The zero-order valence-corrected chi connectivity index (χ0v) is 14.4. The van der Waals surface area contributed by atoms with E-state index in [1.807, 2.05) is 12.0 Å². The quantitative estimate of drug-likeness (QED) is 0.715. The largest absolute Gasteiger partial charge is 0.434 e. The minimum atomic E-state index is -0.855. The molecule has 3 rings (SSSR count). The molecule has 1 aliphatic carbocycles. The topological polar surface area (TPSA) is 96.9 Å². The number of aromatic nitrogens is 2. The lowest BCUT2D eigenvalue weighted by Gasteiger charge is -2.32. The molecule has 6 nitrogen and oxygen atoms in total. The summed E-state index contributed by atoms with van der Waals surface area (Å²) in [7, 11) is 0. The minimum absolute atomic E-state index is 0.125. The maximum atomic E-state index is 14.8. The Bertz CT molecular complexity index is 815. The van der Waals surface area contributed by atoms with Crippen molar-refractivity contribution in [3.05, 3.63) is 33.3 Å². The van der Waals surface area contributed by atoms with Crippen LogP contribution >= 0.6 is 11.6 Å². The first-order valence-electron chi connectivity index (χ1n) is 8.12. The minimum Gasteiger partial charge on any atom is -0.388 e. The summed E-state index contributed by atoms with van der Waals surface area (Å²) in [5.41, 5.74) is 5.47. The molecule has 9 heteroatoms. The van der Waals surface area contributed by atoms with E-state index in [-0.39, 0.29) is 40.2 Å². The molecule has 1 fully saturated rings. The summed E-state index contributed by atoms with van der Waals surface area (Å²) in [5, 5.41) is 8.19. The van der Waals surface area contributed by atoms with Gasteiger partial charge in [-0.3, -0.25) is 0 Å². The Balaban J connectivity index is 1.90. The number of hydrogen-bond acceptors (Lipinski definition) is 5. The zero-order chi connectivity index (χ0) is 18.1. The summed E-state index contributed by atoms with van der Waals surface area (Å²) >= 11 is 5.95. The highest BCUT2D eigenvalue weighted by atomic mass is 35.5. The van der Waals surface area contributed by atoms with Crippen LogP contribution in [0.5, 0.6) is 0 Å². The second-order valence-corrected chi connectivity index (χ2v) is 6.81. The van der Waals surface area contributed by atoms with Crippen LogP contribution in [0.4, 0.5) is 14.5 Å². The van der Waals surface area contributed by atoms with Crippen molar-refractivity contribution >= 4 is 17.3 Å². The van der Waals surface area contributed by atoms with E-state index in [1.165, 1.54) is 0 Å². The molecule has 1 saturated carbocycles. The predicted molar refractivity (Wildman–Crippen MR) is 90.5 cm³/mol. The number of H-pyrrole nitrogens is 1. The average molecular weight is 373 g/mol. The van der Waals surface area contributed by atoms with Crippen molar-refractivity contribution in [2.75, 3.05) is 5.32 Å². The summed E-state index contributed by atoms with van der Waals surface area (Å²) in [5.74, 6) is -2.56. The summed E-state index contributed by atoms with van der Waals surface area (Å²) in [6.07, 6.45) is 3.62. The monoisotopic (exact) mass is 372 g/mol. The van der Waals surface area contributed by atoms with Crippen molar-refractivity contribution < 1.29 is 13.2 Å². The van der Waals surface area contributed by atoms with Gasteiger partial charge in [-0.15, -0.1) is 5.10 Å². The van der Waals surface area contributed by atoms with Crippen LogP contribution in [-0.4, -0.2) is 22.3 Å². The highest BCUT2D eigenvalue weighted by Gasteiger charge is 2.27. The molecule has 1 aliphatic rings. The van der Waals surface area contributed by atoms with Gasteiger partial charge in [0.25, 0.3) is 5.89 Å². The van der Waals surface area contributed by atoms with Gasteiger partial charge in [-0.05, 0) is 44.6 Å². The van der Waals surface area contributed by atoms with Crippen LogP contribution < -0.4 is 16.8 Å². The van der Waals surface area contributed by atoms with E-state index in [0.717, 1.165) is 31.7 Å². The lowest BCUT2D eigenvalue weighted by Crippen LogP contribution is -2.34. The Labute approximate surface area is 147 Å². The fraction of sp³-hybridized carbons (Fsp3) is 0.500. The standard InChI is InChI=1S/C16H19ClF2N4O2/c1-7(8-2-4-9(20)5-3-8)21-14-12(17)11(18)6-10(13(14)19)15-22-23-16(24)25-15/h6-9,21H,2-5,20H2,1H3,(H,23,24)/t7-,8?,9?/m0/s1. The van der Waals surface area contributed by atoms with E-state index in [0.29, 0.717) is 0 Å². The third kappa shape index (κ3) is 3.69. The number of nitrogens with two attached hydrogens (primary N) is 1. The highest BCUT2D eigenvalue weighted by Crippen LogP contribution is 2.36. The molecular weight excluding hydrogens is 354 g/mol. The summed E-state index contributed by atoms with van der Waals surface area (Å²) in [6.45, 7) is 1.90. The van der Waals surface area contributed by atoms with Crippen LogP contribution in [0.1, 0.15) is 32.6 Å². The Morgan fingerprint density at radius 2 is 2.08 bits per heavy atom. The fourth-order valence-corrected chi connectivity index (χ4v) is 3.41. The van der Waals surface area contributed by atoms with E-state index in [1.54, 1.807) is 0 Å². The number of anilines is 1. The van der Waals surface area contributed by atoms with Gasteiger partial charge in [0.15, 0.2) is 5.82 Å². The van der Waals surface area contributed by atoms with Gasteiger partial charge in [0.1, 0.15) is 10.8 Å². The fourth-order valence-electron chi connectivity index (χ4n) is 3.22. The Morgan fingerprint density at radius 3 is 2.68 bits per heavy atom. The van der Waals surface area contributed by atoms with Crippen LogP contribution in [0.2, 0.25) is 5.02 Å². The van der Waals surface area contributed by atoms with E-state index >= 15 is 0 Å². The lowest BCUT2D eigenvalue weighted by molar-refractivity contribution is 0.301. The zero-order valence-electron chi connectivity index (χ0n) is 13.6. The first-order valence-corrected chi connectivity index (χ1v) is 8.50. The molecule has 0 aliphatic heterocycles. The number of benzene rings is 1. The molecule has 0 radical (unpaired) electrons. The van der Waals surface area contributed by atoms with Crippen LogP contribution in [0.3, 0.4) is 0 Å². The molecule has 2 aromatic rings. The Kier molecular flexibility index (Phi) is 5.10. The summed E-state index contributed by atoms with van der Waals surface area (Å²) in [6, 6.07) is 0.930. The first kappa shape index (κ1) is 17.9. The van der Waals surface area contributed by atoms with Gasteiger partial charge in [0.2, 0.25) is 0 Å². The SMILES string of the molecule is C[C@H](Nc1c(F)c(-c2n[nH]c(=O)o2)cc(F)c1Cl)C1CCC(N)CC1. The van der Waals surface area contributed by atoms with E-state index in [2.05, 4.69) is 10.4 Å². The second-order valence-electron chi connectivity index (χ2n) is 6.44. The van der Waals surface area contributed by atoms with E-state index < -0.39 is 17.4 Å². The van der Waals surface area contributed by atoms with Crippen LogP contribution in [-0.2, 0) is 0 Å². The van der Waals surface area contributed by atoms with Crippen LogP contribution in [0, 0.1) is 17.6 Å². The van der Waals surface area contributed by atoms with Crippen molar-refractivity contribution in [2.24, 2.45) is 11.7 Å². The summed E-state index contributed by atoms with van der Waals surface area (Å²) in [4.78, 5) is 11.1. The second kappa shape index (κ2) is 7.13. The van der Waals surface area contributed by atoms with Gasteiger partial charge in [-0.2, -0.15) is 0 Å². The Morgan fingerprint density at radius 1 is 1.40 bits per heavy atom. The molecule has 1 aromatic carbocycles. The van der Waals surface area contributed by atoms with E-state index in [4.69, 9.17) is 21.8 Å². The molecular formula is C16H19ClF2N4O2. The number of aromatic amines is 1. The molecule has 136 valence electrons. The van der Waals surface area contributed by atoms with Crippen molar-refractivity contribution in [1.82, 2.24) is 10.2 Å². The maximum Gasteiger partial charge on any atom is 0.434 e. The summed E-state index contributed by atoms with van der Waals surface area (Å²) < 4.78 is 33.7. The van der Waals surface area contributed by atoms with Gasteiger partial charge in [0.05, 0.1) is 11.3 Å². The molecule has 0 unspecified atom stereocenters. The molecule has 25 heavy (non-hydrogen) atoms. The van der Waals surface area contributed by atoms with Gasteiger partial charge < -0.3 is 15.5 Å². The smallest absolute Gasteiger partial charge is 0.388 e. The van der Waals surface area contributed by atoms with Gasteiger partial charge >= 0.3 is 5.76 Å². The third-order valence-corrected chi connectivity index (χ3v) is 5.09. The van der Waals surface area contributed by atoms with Crippen molar-refractivity contribution in [3.8, 4) is 11.5 Å². The normalized spacial score (nSPS) is 22.0. The molecule has 0 spiro atoms. The number of nitrogens with zero attached hydrogens (tertiary/aromatic N) is 1. The van der Waals surface area contributed by atoms with Crippen molar-refractivity contribution in [1.29, 1.82) is 0 Å². The molecule has 4 N–H and O–H groups in total. The lowest BCUT2D eigenvalue weighted by atomic mass is 9.82. The number of nitrogens with one attached hydrogen (secondary N) is 2. The third-order valence-electron chi connectivity index (χ3n) is 4.72. The van der Waals surface area contributed by atoms with Crippen molar-refractivity contribution in [2.45, 2.75) is 44.7 Å². The Hall–Kier alpha value is -1.93. The molecule has 1 atom stereocenters. The molecule has 1 aromatic heterocycles. The number of halogens is 3. The molecule has 1 heterocycles. The molecule has 0 saturated heterocycles. The van der Waals surface area contributed by atoms with Crippen LogP contribution in [0.25, 0.3) is 11.5 Å². The van der Waals surface area contributed by atoms with E-state index in [9.17, 15) is 13.6 Å². The molecule has 0 bridgehead atoms. The predicted octanol–water partition coefficient (Wildman–Crippen LogP) is 3.28. The highest BCUT2D eigenvalue weighted by molar-refractivity contribution is 6.33. The number of hydrogen-bond donors (Lipinski definition) is 3. The molecule has 0 amide bonds. The number of rotatable bonds is 4. The van der Waals surface area contributed by atoms with Gasteiger partial charge in [-0.25, -0.2) is 18.7 Å². The van der Waals surface area contributed by atoms with Crippen molar-refractivity contribution in [3.63, 3.8) is 0 Å².